The van der Waals surface area contributed by atoms with Crippen molar-refractivity contribution in [3.8, 4) is 5.69 Å². The quantitative estimate of drug-likeness (QED) is 0.900. The van der Waals surface area contributed by atoms with Crippen LogP contribution < -0.4 is 0 Å². The van der Waals surface area contributed by atoms with E-state index in [1.54, 1.807) is 0 Å². The topological polar surface area (TPSA) is 50.9 Å². The van der Waals surface area contributed by atoms with E-state index in [-0.39, 0.29) is 6.61 Å². The molecule has 0 saturated heterocycles. The van der Waals surface area contributed by atoms with Gasteiger partial charge < -0.3 is 5.11 Å². The summed E-state index contributed by atoms with van der Waals surface area (Å²) in [6, 6.07) is 10.0. The molecular weight excluding hydrogens is 226 g/mol. The van der Waals surface area contributed by atoms with Crippen LogP contribution in [0.4, 0.5) is 0 Å². The lowest BCUT2D eigenvalue weighted by Gasteiger charge is -2.13. The molecule has 4 heteroatoms. The van der Waals surface area contributed by atoms with E-state index in [0.717, 1.165) is 11.5 Å². The molecule has 3 rings (SSSR count). The molecule has 2 aromatic rings. The number of aromatic nitrogens is 3. The lowest BCUT2D eigenvalue weighted by molar-refractivity contribution is 0.268. The van der Waals surface area contributed by atoms with Gasteiger partial charge in [0.1, 0.15) is 12.4 Å². The van der Waals surface area contributed by atoms with Crippen LogP contribution in [0.15, 0.2) is 30.3 Å². The second-order valence-corrected chi connectivity index (χ2v) is 4.78. The van der Waals surface area contributed by atoms with Crippen LogP contribution in [0.3, 0.4) is 0 Å². The van der Waals surface area contributed by atoms with Gasteiger partial charge in [0, 0.05) is 11.6 Å². The smallest absolute Gasteiger partial charge is 0.163 e. The van der Waals surface area contributed by atoms with E-state index in [1.165, 1.54) is 25.7 Å². The normalized spacial score (nSPS) is 16.3. The second kappa shape index (κ2) is 4.90. The SMILES string of the molecule is OCc1nnc(C2CCCC2)n1-c1ccccc1. The molecule has 1 aromatic carbocycles. The molecule has 0 amide bonds. The maximum Gasteiger partial charge on any atom is 0.163 e. The molecular formula is C14H17N3O. The van der Waals surface area contributed by atoms with E-state index in [9.17, 15) is 5.11 Å². The molecule has 18 heavy (non-hydrogen) atoms. The molecule has 1 heterocycles. The van der Waals surface area contributed by atoms with E-state index in [0.29, 0.717) is 11.7 Å². The monoisotopic (exact) mass is 243 g/mol. The van der Waals surface area contributed by atoms with Gasteiger partial charge in [-0.3, -0.25) is 4.57 Å². The summed E-state index contributed by atoms with van der Waals surface area (Å²) in [5.74, 6) is 2.11. The lowest BCUT2D eigenvalue weighted by atomic mass is 10.1. The van der Waals surface area contributed by atoms with Crippen LogP contribution in [-0.4, -0.2) is 19.9 Å². The fraction of sp³-hybridized carbons (Fsp3) is 0.429. The second-order valence-electron chi connectivity index (χ2n) is 4.78. The maximum atomic E-state index is 9.41. The van der Waals surface area contributed by atoms with Gasteiger partial charge >= 0.3 is 0 Å². The Hall–Kier alpha value is -1.68. The zero-order valence-electron chi connectivity index (χ0n) is 10.3. The van der Waals surface area contributed by atoms with Gasteiger partial charge in [-0.2, -0.15) is 0 Å². The van der Waals surface area contributed by atoms with Crippen LogP contribution >= 0.6 is 0 Å². The van der Waals surface area contributed by atoms with Gasteiger partial charge in [0.15, 0.2) is 5.82 Å². The van der Waals surface area contributed by atoms with Gasteiger partial charge in [-0.1, -0.05) is 31.0 Å². The fourth-order valence-electron chi connectivity index (χ4n) is 2.74. The first-order valence-electron chi connectivity index (χ1n) is 6.50. The number of benzene rings is 1. The van der Waals surface area contributed by atoms with Crippen LogP contribution in [0.5, 0.6) is 0 Å². The predicted molar refractivity (Wildman–Crippen MR) is 68.5 cm³/mol. The largest absolute Gasteiger partial charge is 0.388 e. The number of aliphatic hydroxyl groups excluding tert-OH is 1. The van der Waals surface area contributed by atoms with Crippen LogP contribution in [0.25, 0.3) is 5.69 Å². The third kappa shape index (κ3) is 1.93. The van der Waals surface area contributed by atoms with Crippen LogP contribution in [0, 0.1) is 0 Å². The van der Waals surface area contributed by atoms with E-state index in [4.69, 9.17) is 0 Å². The highest BCUT2D eigenvalue weighted by atomic mass is 16.3. The molecule has 1 N–H and O–H groups in total. The van der Waals surface area contributed by atoms with Crippen molar-refractivity contribution in [1.29, 1.82) is 0 Å². The average Bonchev–Trinajstić information content (AvgIpc) is 3.08. The Morgan fingerprint density at radius 2 is 1.83 bits per heavy atom. The van der Waals surface area contributed by atoms with E-state index >= 15 is 0 Å². The summed E-state index contributed by atoms with van der Waals surface area (Å²) in [6.07, 6.45) is 4.88. The number of hydrogen-bond donors (Lipinski definition) is 1. The summed E-state index contributed by atoms with van der Waals surface area (Å²) < 4.78 is 2.01. The third-order valence-electron chi connectivity index (χ3n) is 3.63. The lowest BCUT2D eigenvalue weighted by Crippen LogP contribution is -2.08. The minimum atomic E-state index is -0.0748. The summed E-state index contributed by atoms with van der Waals surface area (Å²) in [6.45, 7) is -0.0748. The van der Waals surface area contributed by atoms with Crippen molar-refractivity contribution in [2.24, 2.45) is 0 Å². The summed E-state index contributed by atoms with van der Waals surface area (Å²) >= 11 is 0. The Labute approximate surface area is 106 Å². The minimum Gasteiger partial charge on any atom is -0.388 e. The molecule has 0 unspecified atom stereocenters. The first-order chi connectivity index (χ1) is 8.90. The van der Waals surface area contributed by atoms with Crippen molar-refractivity contribution in [3.05, 3.63) is 42.0 Å². The zero-order chi connectivity index (χ0) is 12.4. The molecule has 1 aliphatic carbocycles. The van der Waals surface area contributed by atoms with E-state index in [2.05, 4.69) is 10.2 Å². The molecule has 0 radical (unpaired) electrons. The summed E-state index contributed by atoms with van der Waals surface area (Å²) in [7, 11) is 0. The maximum absolute atomic E-state index is 9.41. The highest BCUT2D eigenvalue weighted by Gasteiger charge is 2.24. The number of rotatable bonds is 3. The van der Waals surface area contributed by atoms with Gasteiger partial charge in [0.2, 0.25) is 0 Å². The number of nitrogens with zero attached hydrogens (tertiary/aromatic N) is 3. The van der Waals surface area contributed by atoms with Crippen LogP contribution in [0.1, 0.15) is 43.3 Å². The van der Waals surface area contributed by atoms with Crippen molar-refractivity contribution in [2.45, 2.75) is 38.2 Å². The molecule has 0 atom stereocenters. The molecule has 1 saturated carbocycles. The summed E-state index contributed by atoms with van der Waals surface area (Å²) in [5, 5.41) is 17.8. The van der Waals surface area contributed by atoms with Crippen molar-refractivity contribution >= 4 is 0 Å². The molecule has 0 bridgehead atoms. The molecule has 1 fully saturated rings. The Morgan fingerprint density at radius 3 is 2.50 bits per heavy atom. The van der Waals surface area contributed by atoms with Gasteiger partial charge in [-0.05, 0) is 25.0 Å². The molecule has 1 aromatic heterocycles. The number of para-hydroxylation sites is 1. The van der Waals surface area contributed by atoms with E-state index < -0.39 is 0 Å². The minimum absolute atomic E-state index is 0.0748. The average molecular weight is 243 g/mol. The van der Waals surface area contributed by atoms with Crippen molar-refractivity contribution in [3.63, 3.8) is 0 Å². The predicted octanol–water partition coefficient (Wildman–Crippen LogP) is 2.42. The van der Waals surface area contributed by atoms with Gasteiger partial charge in [-0.25, -0.2) is 0 Å². The first-order valence-corrected chi connectivity index (χ1v) is 6.50. The summed E-state index contributed by atoms with van der Waals surface area (Å²) in [5.41, 5.74) is 1.04. The Morgan fingerprint density at radius 1 is 1.11 bits per heavy atom. The first kappa shape index (κ1) is 11.4. The number of hydrogen-bond acceptors (Lipinski definition) is 3. The molecule has 0 spiro atoms. The Balaban J connectivity index is 2.07. The van der Waals surface area contributed by atoms with Crippen LogP contribution in [0.2, 0.25) is 0 Å². The summed E-state index contributed by atoms with van der Waals surface area (Å²) in [4.78, 5) is 0. The van der Waals surface area contributed by atoms with E-state index in [1.807, 2.05) is 34.9 Å². The fourth-order valence-corrected chi connectivity index (χ4v) is 2.74. The van der Waals surface area contributed by atoms with Crippen molar-refractivity contribution in [2.75, 3.05) is 0 Å². The van der Waals surface area contributed by atoms with Crippen molar-refractivity contribution < 1.29 is 5.11 Å². The number of aliphatic hydroxyl groups is 1. The molecule has 94 valence electrons. The van der Waals surface area contributed by atoms with Gasteiger partial charge in [0.25, 0.3) is 0 Å². The van der Waals surface area contributed by atoms with Gasteiger partial charge in [0.05, 0.1) is 0 Å². The van der Waals surface area contributed by atoms with Gasteiger partial charge in [-0.15, -0.1) is 10.2 Å². The standard InChI is InChI=1S/C14H17N3O/c18-10-13-15-16-14(11-6-4-5-7-11)17(13)12-8-2-1-3-9-12/h1-3,8-9,11,18H,4-7,10H2. The van der Waals surface area contributed by atoms with Crippen LogP contribution in [-0.2, 0) is 6.61 Å². The Kier molecular flexibility index (Phi) is 3.11. The zero-order valence-corrected chi connectivity index (χ0v) is 10.3. The third-order valence-corrected chi connectivity index (χ3v) is 3.63. The highest BCUT2D eigenvalue weighted by molar-refractivity contribution is 5.34. The Bertz CT molecular complexity index is 515. The highest BCUT2D eigenvalue weighted by Crippen LogP contribution is 2.34. The molecule has 1 aliphatic rings. The molecule has 0 aliphatic heterocycles. The van der Waals surface area contributed by atoms with Crippen molar-refractivity contribution in [1.82, 2.24) is 14.8 Å². The molecule has 4 nitrogen and oxygen atoms in total.